The van der Waals surface area contributed by atoms with Gasteiger partial charge in [0.2, 0.25) is 0 Å². The summed E-state index contributed by atoms with van der Waals surface area (Å²) in [6, 6.07) is 5.57. The molecule has 0 aliphatic heterocycles. The zero-order valence-electron chi connectivity index (χ0n) is 8.03. The van der Waals surface area contributed by atoms with Crippen LogP contribution in [0.3, 0.4) is 0 Å². The minimum Gasteiger partial charge on any atom is -0.496 e. The van der Waals surface area contributed by atoms with Crippen LogP contribution in [-0.2, 0) is 0 Å². The molecule has 1 aromatic carbocycles. The average Bonchev–Trinajstić information content (AvgIpc) is 2.64. The molecule has 0 aliphatic rings. The smallest absolute Gasteiger partial charge is 0.189 e. The summed E-state index contributed by atoms with van der Waals surface area (Å²) in [7, 11) is 1.61. The molecule has 1 heterocycles. The van der Waals surface area contributed by atoms with E-state index in [2.05, 4.69) is 21.1 Å². The van der Waals surface area contributed by atoms with Gasteiger partial charge in [-0.15, -0.1) is 0 Å². The van der Waals surface area contributed by atoms with E-state index in [9.17, 15) is 0 Å². The zero-order chi connectivity index (χ0) is 10.8. The van der Waals surface area contributed by atoms with Crippen LogP contribution in [0.1, 0.15) is 0 Å². The van der Waals surface area contributed by atoms with Crippen molar-refractivity contribution in [2.75, 3.05) is 12.8 Å². The number of benzene rings is 1. The molecule has 2 rings (SSSR count). The van der Waals surface area contributed by atoms with Crippen molar-refractivity contribution in [3.63, 3.8) is 0 Å². The van der Waals surface area contributed by atoms with Crippen LogP contribution in [0.5, 0.6) is 5.75 Å². The molecule has 0 bridgehead atoms. The van der Waals surface area contributed by atoms with E-state index in [1.54, 1.807) is 7.11 Å². The van der Waals surface area contributed by atoms with Crippen molar-refractivity contribution in [3.8, 4) is 17.1 Å². The van der Waals surface area contributed by atoms with Gasteiger partial charge in [0, 0.05) is 5.56 Å². The summed E-state index contributed by atoms with van der Waals surface area (Å²) in [4.78, 5) is 0. The average molecular weight is 269 g/mol. The number of methoxy groups -OCH3 is 1. The van der Waals surface area contributed by atoms with Crippen molar-refractivity contribution in [1.29, 1.82) is 0 Å². The highest BCUT2D eigenvalue weighted by Crippen LogP contribution is 2.32. The predicted molar refractivity (Wildman–Crippen MR) is 60.6 cm³/mol. The first-order chi connectivity index (χ1) is 7.22. The Balaban J connectivity index is 2.47. The van der Waals surface area contributed by atoms with Gasteiger partial charge in [-0.3, -0.25) is 0 Å². The fourth-order valence-corrected chi connectivity index (χ4v) is 1.81. The normalized spacial score (nSPS) is 10.3. The number of ether oxygens (including phenoxy) is 1. The Bertz CT molecular complexity index is 482. The number of hydrogen-bond donors (Lipinski definition) is 1. The summed E-state index contributed by atoms with van der Waals surface area (Å²) in [5.74, 6) is 1.33. The van der Waals surface area contributed by atoms with Crippen molar-refractivity contribution in [3.05, 3.63) is 28.9 Å². The Morgan fingerprint density at radius 1 is 1.47 bits per heavy atom. The van der Waals surface area contributed by atoms with Gasteiger partial charge in [-0.2, -0.15) is 0 Å². The van der Waals surface area contributed by atoms with E-state index in [1.807, 2.05) is 18.2 Å². The monoisotopic (exact) mass is 268 g/mol. The van der Waals surface area contributed by atoms with Crippen LogP contribution in [0.25, 0.3) is 11.3 Å². The van der Waals surface area contributed by atoms with E-state index >= 15 is 0 Å². The molecule has 0 unspecified atom stereocenters. The zero-order valence-corrected chi connectivity index (χ0v) is 9.61. The molecule has 4 nitrogen and oxygen atoms in total. The number of hydrogen-bond acceptors (Lipinski definition) is 4. The van der Waals surface area contributed by atoms with Crippen LogP contribution in [0.15, 0.2) is 33.4 Å². The first-order valence-electron chi connectivity index (χ1n) is 4.26. The highest BCUT2D eigenvalue weighted by Gasteiger charge is 2.09. The van der Waals surface area contributed by atoms with Crippen LogP contribution in [-0.4, -0.2) is 12.3 Å². The Kier molecular flexibility index (Phi) is 2.64. The third kappa shape index (κ3) is 1.83. The molecule has 0 saturated carbocycles. The third-order valence-corrected chi connectivity index (χ3v) is 2.63. The molecule has 0 saturated heterocycles. The lowest BCUT2D eigenvalue weighted by molar-refractivity contribution is 0.412. The molecular formula is C10H9BrN2O2. The fourth-order valence-electron chi connectivity index (χ4n) is 1.27. The van der Waals surface area contributed by atoms with Crippen LogP contribution in [0, 0.1) is 0 Å². The van der Waals surface area contributed by atoms with E-state index in [0.717, 1.165) is 15.8 Å². The predicted octanol–water partition coefficient (Wildman–Crippen LogP) is 2.69. The molecule has 0 radical (unpaired) electrons. The maximum Gasteiger partial charge on any atom is 0.189 e. The lowest BCUT2D eigenvalue weighted by atomic mass is 10.1. The quantitative estimate of drug-likeness (QED) is 0.910. The number of anilines is 1. The summed E-state index contributed by atoms with van der Waals surface area (Å²) >= 11 is 3.39. The van der Waals surface area contributed by atoms with Gasteiger partial charge in [0.05, 0.1) is 17.8 Å². The summed E-state index contributed by atoms with van der Waals surface area (Å²) < 4.78 is 11.0. The number of nitrogen functional groups attached to an aromatic ring is 1. The molecule has 0 fully saturated rings. The van der Waals surface area contributed by atoms with Gasteiger partial charge in [0.1, 0.15) is 11.4 Å². The van der Waals surface area contributed by atoms with Gasteiger partial charge >= 0.3 is 0 Å². The van der Waals surface area contributed by atoms with E-state index < -0.39 is 0 Å². The van der Waals surface area contributed by atoms with Crippen molar-refractivity contribution < 1.29 is 9.26 Å². The molecule has 0 aliphatic carbocycles. The molecule has 2 aromatic rings. The summed E-state index contributed by atoms with van der Waals surface area (Å²) in [6.07, 6.45) is 1.48. The van der Waals surface area contributed by atoms with Gasteiger partial charge in [0.15, 0.2) is 5.76 Å². The first-order valence-corrected chi connectivity index (χ1v) is 5.05. The summed E-state index contributed by atoms with van der Waals surface area (Å²) in [5.41, 5.74) is 7.07. The molecule has 0 spiro atoms. The van der Waals surface area contributed by atoms with Crippen molar-refractivity contribution in [1.82, 2.24) is 5.16 Å². The SMILES string of the molecule is COc1ccc(-c2oncc2N)cc1Br. The highest BCUT2D eigenvalue weighted by atomic mass is 79.9. The van der Waals surface area contributed by atoms with Crippen LogP contribution in [0.2, 0.25) is 0 Å². The Morgan fingerprint density at radius 2 is 2.27 bits per heavy atom. The maximum absolute atomic E-state index is 5.69. The molecule has 0 atom stereocenters. The van der Waals surface area contributed by atoms with Crippen LogP contribution >= 0.6 is 15.9 Å². The minimum absolute atomic E-state index is 0.520. The van der Waals surface area contributed by atoms with Gasteiger partial charge in [0.25, 0.3) is 0 Å². The molecule has 0 amide bonds. The summed E-state index contributed by atoms with van der Waals surface area (Å²) in [6.45, 7) is 0. The lowest BCUT2D eigenvalue weighted by Gasteiger charge is -2.04. The number of nitrogens with zero attached hydrogens (tertiary/aromatic N) is 1. The number of rotatable bonds is 2. The third-order valence-electron chi connectivity index (χ3n) is 2.01. The van der Waals surface area contributed by atoms with Crippen molar-refractivity contribution >= 4 is 21.6 Å². The number of halogens is 1. The van der Waals surface area contributed by atoms with E-state index in [1.165, 1.54) is 6.20 Å². The van der Waals surface area contributed by atoms with Gasteiger partial charge in [-0.05, 0) is 34.1 Å². The Morgan fingerprint density at radius 3 is 2.80 bits per heavy atom. The second-order valence-corrected chi connectivity index (χ2v) is 3.81. The molecule has 15 heavy (non-hydrogen) atoms. The molecule has 78 valence electrons. The largest absolute Gasteiger partial charge is 0.496 e. The Hall–Kier alpha value is -1.49. The van der Waals surface area contributed by atoms with Crippen LogP contribution < -0.4 is 10.5 Å². The fraction of sp³-hybridized carbons (Fsp3) is 0.100. The standard InChI is InChI=1S/C10H9BrN2O2/c1-14-9-3-2-6(4-7(9)11)10-8(12)5-13-15-10/h2-5H,12H2,1H3. The van der Waals surface area contributed by atoms with E-state index in [4.69, 9.17) is 15.0 Å². The van der Waals surface area contributed by atoms with Gasteiger partial charge in [-0.25, -0.2) is 0 Å². The number of aromatic nitrogens is 1. The first kappa shape index (κ1) is 10.0. The lowest BCUT2D eigenvalue weighted by Crippen LogP contribution is -1.87. The second kappa shape index (κ2) is 3.94. The molecule has 2 N–H and O–H groups in total. The minimum atomic E-state index is 0.520. The van der Waals surface area contributed by atoms with Gasteiger partial charge < -0.3 is 15.0 Å². The van der Waals surface area contributed by atoms with Crippen molar-refractivity contribution in [2.45, 2.75) is 0 Å². The van der Waals surface area contributed by atoms with E-state index in [0.29, 0.717) is 11.4 Å². The number of nitrogens with two attached hydrogens (primary N) is 1. The maximum atomic E-state index is 5.69. The Labute approximate surface area is 95.1 Å². The van der Waals surface area contributed by atoms with Gasteiger partial charge in [-0.1, -0.05) is 5.16 Å². The summed E-state index contributed by atoms with van der Waals surface area (Å²) in [5, 5.41) is 3.62. The molecule has 5 heteroatoms. The van der Waals surface area contributed by atoms with Crippen molar-refractivity contribution in [2.24, 2.45) is 0 Å². The highest BCUT2D eigenvalue weighted by molar-refractivity contribution is 9.10. The topological polar surface area (TPSA) is 61.3 Å². The van der Waals surface area contributed by atoms with E-state index in [-0.39, 0.29) is 0 Å². The second-order valence-electron chi connectivity index (χ2n) is 2.96. The van der Waals surface area contributed by atoms with Crippen LogP contribution in [0.4, 0.5) is 5.69 Å². The molecular weight excluding hydrogens is 260 g/mol. The molecule has 1 aromatic heterocycles.